The van der Waals surface area contributed by atoms with E-state index in [-0.39, 0.29) is 0 Å². The Morgan fingerprint density at radius 3 is 2.80 bits per heavy atom. The van der Waals surface area contributed by atoms with E-state index in [4.69, 9.17) is 10.5 Å². The van der Waals surface area contributed by atoms with Crippen molar-refractivity contribution < 1.29 is 4.74 Å². The average molecular weight is 272 g/mol. The van der Waals surface area contributed by atoms with Gasteiger partial charge in [-0.05, 0) is 46.5 Å². The smallest absolute Gasteiger partial charge is 0.133 e. The van der Waals surface area contributed by atoms with Gasteiger partial charge in [0, 0.05) is 5.69 Å². The predicted octanol–water partition coefficient (Wildman–Crippen LogP) is 3.85. The summed E-state index contributed by atoms with van der Waals surface area (Å²) >= 11 is 3.43. The Hall–Kier alpha value is -0.700. The Kier molecular flexibility index (Phi) is 4.95. The van der Waals surface area contributed by atoms with E-state index < -0.39 is 0 Å². The molecule has 0 radical (unpaired) electrons. The molecular formula is C12H18BrNO. The fraction of sp³-hybridized carbons (Fsp3) is 0.500. The third kappa shape index (κ3) is 4.12. The van der Waals surface area contributed by atoms with E-state index in [9.17, 15) is 0 Å². The van der Waals surface area contributed by atoms with E-state index in [1.807, 2.05) is 18.2 Å². The molecule has 0 bridgehead atoms. The second-order valence-electron chi connectivity index (χ2n) is 3.89. The van der Waals surface area contributed by atoms with E-state index in [2.05, 4.69) is 29.8 Å². The van der Waals surface area contributed by atoms with Gasteiger partial charge in [-0.15, -0.1) is 0 Å². The molecule has 1 unspecified atom stereocenters. The van der Waals surface area contributed by atoms with Gasteiger partial charge in [0.1, 0.15) is 5.75 Å². The zero-order chi connectivity index (χ0) is 11.3. The number of nitrogens with two attached hydrogens (primary N) is 1. The molecule has 0 amide bonds. The minimum absolute atomic E-state index is 0.597. The first-order valence-electron chi connectivity index (χ1n) is 5.31. The Morgan fingerprint density at radius 2 is 2.20 bits per heavy atom. The van der Waals surface area contributed by atoms with E-state index in [1.54, 1.807) is 0 Å². The summed E-state index contributed by atoms with van der Waals surface area (Å²) < 4.78 is 6.63. The normalized spacial score (nSPS) is 12.5. The average Bonchev–Trinajstić information content (AvgIpc) is 2.17. The summed E-state index contributed by atoms with van der Waals surface area (Å²) in [5.41, 5.74) is 6.39. The van der Waals surface area contributed by atoms with Gasteiger partial charge in [-0.1, -0.05) is 20.3 Å². The molecule has 84 valence electrons. The SMILES string of the molecule is CCCC(C)COc1ccc(N)cc1Br. The first-order chi connectivity index (χ1) is 7.13. The van der Waals surface area contributed by atoms with Gasteiger partial charge in [0.15, 0.2) is 0 Å². The molecule has 0 fully saturated rings. The largest absolute Gasteiger partial charge is 0.492 e. The van der Waals surface area contributed by atoms with E-state index in [0.717, 1.165) is 22.5 Å². The lowest BCUT2D eigenvalue weighted by atomic mass is 10.1. The molecule has 3 heteroatoms. The van der Waals surface area contributed by atoms with Crippen LogP contribution in [-0.2, 0) is 0 Å². The van der Waals surface area contributed by atoms with Gasteiger partial charge in [0.05, 0.1) is 11.1 Å². The Labute approximate surface area is 99.9 Å². The quantitative estimate of drug-likeness (QED) is 0.826. The van der Waals surface area contributed by atoms with Gasteiger partial charge in [0.25, 0.3) is 0 Å². The molecule has 1 rings (SSSR count). The van der Waals surface area contributed by atoms with Gasteiger partial charge in [-0.2, -0.15) is 0 Å². The number of hydrogen-bond acceptors (Lipinski definition) is 2. The van der Waals surface area contributed by atoms with Crippen LogP contribution in [0.1, 0.15) is 26.7 Å². The number of halogens is 1. The number of rotatable bonds is 5. The summed E-state index contributed by atoms with van der Waals surface area (Å²) in [5, 5.41) is 0. The molecule has 0 saturated heterocycles. The number of ether oxygens (including phenoxy) is 1. The third-order valence-electron chi connectivity index (χ3n) is 2.26. The van der Waals surface area contributed by atoms with Crippen molar-refractivity contribution in [2.24, 2.45) is 5.92 Å². The minimum atomic E-state index is 0.597. The lowest BCUT2D eigenvalue weighted by molar-refractivity contribution is 0.250. The van der Waals surface area contributed by atoms with Gasteiger partial charge in [-0.3, -0.25) is 0 Å². The Bertz CT molecular complexity index is 314. The fourth-order valence-corrected chi connectivity index (χ4v) is 1.95. The van der Waals surface area contributed by atoms with Gasteiger partial charge in [0.2, 0.25) is 0 Å². The molecule has 2 N–H and O–H groups in total. The number of benzene rings is 1. The first-order valence-corrected chi connectivity index (χ1v) is 6.10. The van der Waals surface area contributed by atoms with Crippen LogP contribution in [0.2, 0.25) is 0 Å². The zero-order valence-corrected chi connectivity index (χ0v) is 10.9. The van der Waals surface area contributed by atoms with Crippen molar-refractivity contribution in [3.63, 3.8) is 0 Å². The number of nitrogen functional groups attached to an aromatic ring is 1. The van der Waals surface area contributed by atoms with Crippen molar-refractivity contribution >= 4 is 21.6 Å². The Morgan fingerprint density at radius 1 is 1.47 bits per heavy atom. The first kappa shape index (κ1) is 12.4. The molecule has 0 spiro atoms. The van der Waals surface area contributed by atoms with Crippen molar-refractivity contribution in [2.75, 3.05) is 12.3 Å². The molecule has 0 aliphatic carbocycles. The third-order valence-corrected chi connectivity index (χ3v) is 2.88. The lowest BCUT2D eigenvalue weighted by Crippen LogP contribution is -2.08. The highest BCUT2D eigenvalue weighted by Gasteiger charge is 2.05. The van der Waals surface area contributed by atoms with Crippen LogP contribution in [0.25, 0.3) is 0 Å². The van der Waals surface area contributed by atoms with Crippen molar-refractivity contribution in [1.82, 2.24) is 0 Å². The van der Waals surface area contributed by atoms with Gasteiger partial charge in [-0.25, -0.2) is 0 Å². The van der Waals surface area contributed by atoms with E-state index in [0.29, 0.717) is 5.92 Å². The van der Waals surface area contributed by atoms with Crippen LogP contribution < -0.4 is 10.5 Å². The number of hydrogen-bond donors (Lipinski definition) is 1. The van der Waals surface area contributed by atoms with Crippen LogP contribution in [0.5, 0.6) is 5.75 Å². The van der Waals surface area contributed by atoms with Crippen molar-refractivity contribution in [1.29, 1.82) is 0 Å². The molecule has 1 aromatic rings. The molecule has 0 aliphatic rings. The Balaban J connectivity index is 2.50. The molecule has 0 aliphatic heterocycles. The molecule has 1 atom stereocenters. The summed E-state index contributed by atoms with van der Waals surface area (Å²) in [4.78, 5) is 0. The fourth-order valence-electron chi connectivity index (χ4n) is 1.44. The van der Waals surface area contributed by atoms with Crippen molar-refractivity contribution in [2.45, 2.75) is 26.7 Å². The highest BCUT2D eigenvalue weighted by molar-refractivity contribution is 9.10. The van der Waals surface area contributed by atoms with Crippen LogP contribution in [0.4, 0.5) is 5.69 Å². The van der Waals surface area contributed by atoms with Crippen LogP contribution in [0.15, 0.2) is 22.7 Å². The van der Waals surface area contributed by atoms with Crippen LogP contribution in [-0.4, -0.2) is 6.61 Å². The monoisotopic (exact) mass is 271 g/mol. The number of anilines is 1. The minimum Gasteiger partial charge on any atom is -0.492 e. The maximum absolute atomic E-state index is 5.70. The van der Waals surface area contributed by atoms with Gasteiger partial charge >= 0.3 is 0 Å². The topological polar surface area (TPSA) is 35.2 Å². The second-order valence-corrected chi connectivity index (χ2v) is 4.75. The molecule has 15 heavy (non-hydrogen) atoms. The lowest BCUT2D eigenvalue weighted by Gasteiger charge is -2.13. The summed E-state index contributed by atoms with van der Waals surface area (Å²) in [7, 11) is 0. The highest BCUT2D eigenvalue weighted by atomic mass is 79.9. The van der Waals surface area contributed by atoms with Crippen LogP contribution in [0, 0.1) is 5.92 Å². The molecule has 0 aromatic heterocycles. The molecular weight excluding hydrogens is 254 g/mol. The molecule has 0 saturated carbocycles. The molecule has 1 aromatic carbocycles. The summed E-state index contributed by atoms with van der Waals surface area (Å²) in [5.74, 6) is 1.46. The maximum atomic E-state index is 5.70. The van der Waals surface area contributed by atoms with E-state index >= 15 is 0 Å². The standard InChI is InChI=1S/C12H18BrNO/c1-3-4-9(2)8-15-12-6-5-10(14)7-11(12)13/h5-7,9H,3-4,8,14H2,1-2H3. The highest BCUT2D eigenvalue weighted by Crippen LogP contribution is 2.27. The van der Waals surface area contributed by atoms with E-state index in [1.165, 1.54) is 12.8 Å². The summed E-state index contributed by atoms with van der Waals surface area (Å²) in [6.07, 6.45) is 2.40. The second kappa shape index (κ2) is 6.01. The summed E-state index contributed by atoms with van der Waals surface area (Å²) in [6, 6.07) is 5.61. The molecule has 0 heterocycles. The maximum Gasteiger partial charge on any atom is 0.133 e. The predicted molar refractivity (Wildman–Crippen MR) is 68.1 cm³/mol. The summed E-state index contributed by atoms with van der Waals surface area (Å²) in [6.45, 7) is 5.15. The van der Waals surface area contributed by atoms with Crippen molar-refractivity contribution in [3.8, 4) is 5.75 Å². The molecule has 2 nitrogen and oxygen atoms in total. The van der Waals surface area contributed by atoms with Crippen molar-refractivity contribution in [3.05, 3.63) is 22.7 Å². The van der Waals surface area contributed by atoms with Crippen LogP contribution >= 0.6 is 15.9 Å². The van der Waals surface area contributed by atoms with Gasteiger partial charge < -0.3 is 10.5 Å². The zero-order valence-electron chi connectivity index (χ0n) is 9.29. The van der Waals surface area contributed by atoms with Crippen LogP contribution in [0.3, 0.4) is 0 Å².